The van der Waals surface area contributed by atoms with Gasteiger partial charge in [0, 0.05) is 38.3 Å². The summed E-state index contributed by atoms with van der Waals surface area (Å²) < 4.78 is 16.9. The topological polar surface area (TPSA) is 50.1 Å². The monoisotopic (exact) mass is 456 g/mol. The summed E-state index contributed by atoms with van der Waals surface area (Å²) in [7, 11) is 0. The Labute approximate surface area is 194 Å². The van der Waals surface area contributed by atoms with Crippen molar-refractivity contribution in [3.63, 3.8) is 0 Å². The van der Waals surface area contributed by atoms with Gasteiger partial charge < -0.3 is 0 Å². The first-order valence-corrected chi connectivity index (χ1v) is 11.3. The summed E-state index contributed by atoms with van der Waals surface area (Å²) in [5.41, 5.74) is 1.99. The van der Waals surface area contributed by atoms with Gasteiger partial charge in [0.15, 0.2) is 5.82 Å². The van der Waals surface area contributed by atoms with Crippen LogP contribution >= 0.6 is 12.4 Å². The number of tetrazole rings is 1. The molecule has 0 spiro atoms. The normalized spacial score (nSPS) is 19.0. The number of halogens is 2. The Kier molecular flexibility index (Phi) is 7.50. The van der Waals surface area contributed by atoms with Crippen LogP contribution in [0.1, 0.15) is 54.7 Å². The highest BCUT2D eigenvalue weighted by atomic mass is 35.5. The van der Waals surface area contributed by atoms with Crippen molar-refractivity contribution >= 4 is 12.4 Å². The van der Waals surface area contributed by atoms with Crippen LogP contribution in [0.2, 0.25) is 0 Å². The highest BCUT2D eigenvalue weighted by Crippen LogP contribution is 2.35. The van der Waals surface area contributed by atoms with Crippen LogP contribution in [0.5, 0.6) is 0 Å². The molecule has 1 aliphatic carbocycles. The van der Waals surface area contributed by atoms with E-state index in [-0.39, 0.29) is 24.3 Å². The van der Waals surface area contributed by atoms with E-state index in [9.17, 15) is 4.39 Å². The molecular formula is C24H30ClFN6. The Morgan fingerprint density at radius 2 is 1.59 bits per heavy atom. The molecule has 2 aromatic carbocycles. The minimum atomic E-state index is -0.268. The molecule has 6 nitrogen and oxygen atoms in total. The Balaban J connectivity index is 0.00000245. The fourth-order valence-electron chi connectivity index (χ4n) is 5.01. The van der Waals surface area contributed by atoms with Gasteiger partial charge in [0.05, 0.1) is 6.04 Å². The van der Waals surface area contributed by atoms with E-state index in [4.69, 9.17) is 0 Å². The van der Waals surface area contributed by atoms with E-state index < -0.39 is 0 Å². The summed E-state index contributed by atoms with van der Waals surface area (Å²) in [4.78, 5) is 4.81. The van der Waals surface area contributed by atoms with Crippen molar-refractivity contribution in [1.29, 1.82) is 0 Å². The van der Waals surface area contributed by atoms with Gasteiger partial charge in [-0.05, 0) is 34.9 Å². The molecule has 1 unspecified atom stereocenters. The second-order valence-corrected chi connectivity index (χ2v) is 8.64. The van der Waals surface area contributed by atoms with E-state index in [1.165, 1.54) is 24.5 Å². The zero-order chi connectivity index (χ0) is 21.0. The predicted octanol–water partition coefficient (Wildman–Crippen LogP) is 4.26. The molecule has 8 heteroatoms. The first kappa shape index (κ1) is 22.8. The van der Waals surface area contributed by atoms with Gasteiger partial charge in [0.1, 0.15) is 11.9 Å². The largest absolute Gasteiger partial charge is 0.297 e. The lowest BCUT2D eigenvalue weighted by Gasteiger charge is -2.39. The fraction of sp³-hybridized carbons (Fsp3) is 0.458. The van der Waals surface area contributed by atoms with Crippen molar-refractivity contribution in [3.05, 3.63) is 77.4 Å². The van der Waals surface area contributed by atoms with Crippen LogP contribution in [-0.2, 0) is 6.54 Å². The lowest BCUT2D eigenvalue weighted by molar-refractivity contribution is 0.0980. The van der Waals surface area contributed by atoms with E-state index in [0.29, 0.717) is 11.6 Å². The van der Waals surface area contributed by atoms with Crippen molar-refractivity contribution in [3.8, 4) is 0 Å². The molecule has 2 aliphatic rings. The third-order valence-electron chi connectivity index (χ3n) is 6.65. The zero-order valence-electron chi connectivity index (χ0n) is 18.2. The third-order valence-corrected chi connectivity index (χ3v) is 6.65. The molecule has 2 fully saturated rings. The summed E-state index contributed by atoms with van der Waals surface area (Å²) >= 11 is 0. The molecule has 0 N–H and O–H groups in total. The maximum absolute atomic E-state index is 14.9. The van der Waals surface area contributed by atoms with Crippen LogP contribution in [0.25, 0.3) is 0 Å². The van der Waals surface area contributed by atoms with E-state index >= 15 is 0 Å². The second-order valence-electron chi connectivity index (χ2n) is 8.64. The number of rotatable bonds is 6. The molecule has 1 saturated heterocycles. The van der Waals surface area contributed by atoms with E-state index in [1.807, 2.05) is 16.8 Å². The zero-order valence-corrected chi connectivity index (χ0v) is 19.0. The van der Waals surface area contributed by atoms with Gasteiger partial charge in [-0.2, -0.15) is 0 Å². The summed E-state index contributed by atoms with van der Waals surface area (Å²) in [5.74, 6) is 0.577. The lowest BCUT2D eigenvalue weighted by atomic mass is 10.0. The highest BCUT2D eigenvalue weighted by Gasteiger charge is 2.34. The fourth-order valence-corrected chi connectivity index (χ4v) is 5.01. The first-order chi connectivity index (χ1) is 15.3. The third kappa shape index (κ3) is 4.85. The van der Waals surface area contributed by atoms with Gasteiger partial charge in [0.2, 0.25) is 0 Å². The molecule has 5 rings (SSSR count). The maximum atomic E-state index is 14.9. The number of nitrogens with zero attached hydrogens (tertiary/aromatic N) is 6. The Hall–Kier alpha value is -2.35. The van der Waals surface area contributed by atoms with Gasteiger partial charge in [-0.1, -0.05) is 61.4 Å². The van der Waals surface area contributed by atoms with E-state index in [1.54, 1.807) is 6.07 Å². The average molecular weight is 457 g/mol. The minimum Gasteiger partial charge on any atom is -0.297 e. The van der Waals surface area contributed by atoms with Gasteiger partial charge in [-0.3, -0.25) is 9.80 Å². The van der Waals surface area contributed by atoms with Crippen LogP contribution in [0.4, 0.5) is 4.39 Å². The molecule has 3 aromatic rings. The quantitative estimate of drug-likeness (QED) is 0.554. The summed E-state index contributed by atoms with van der Waals surface area (Å²) in [5, 5.41) is 12.8. The number of hydrogen-bond acceptors (Lipinski definition) is 5. The van der Waals surface area contributed by atoms with Crippen LogP contribution in [0.3, 0.4) is 0 Å². The highest BCUT2D eigenvalue weighted by molar-refractivity contribution is 5.85. The number of piperazine rings is 1. The van der Waals surface area contributed by atoms with Gasteiger partial charge >= 0.3 is 0 Å². The van der Waals surface area contributed by atoms with E-state index in [2.05, 4.69) is 55.7 Å². The molecule has 32 heavy (non-hydrogen) atoms. The molecule has 0 bridgehead atoms. The van der Waals surface area contributed by atoms with Crippen molar-refractivity contribution in [2.75, 3.05) is 26.2 Å². The second kappa shape index (κ2) is 10.5. The Morgan fingerprint density at radius 1 is 0.906 bits per heavy atom. The summed E-state index contributed by atoms with van der Waals surface area (Å²) in [6, 6.07) is 17.7. The summed E-state index contributed by atoms with van der Waals surface area (Å²) in [6.07, 6.45) is 4.58. The average Bonchev–Trinajstić information content (AvgIpc) is 3.49. The SMILES string of the molecule is Cl.Fc1ccccc1C(c1nnnn1C1CCCC1)N1CCN(Cc2ccccc2)CC1. The van der Waals surface area contributed by atoms with Gasteiger partial charge in [-0.25, -0.2) is 9.07 Å². The van der Waals surface area contributed by atoms with Crippen molar-refractivity contribution in [2.45, 2.75) is 44.3 Å². The standard InChI is InChI=1S/C24H29FN6.ClH/c25-22-13-7-6-12-21(22)23(24-26-27-28-31(24)20-10-4-5-11-20)30-16-14-29(15-17-30)18-19-8-2-1-3-9-19;/h1-3,6-9,12-13,20,23H,4-5,10-11,14-18H2;1H. The van der Waals surface area contributed by atoms with Gasteiger partial charge in [-0.15, -0.1) is 17.5 Å². The first-order valence-electron chi connectivity index (χ1n) is 11.3. The van der Waals surface area contributed by atoms with Crippen LogP contribution < -0.4 is 0 Å². The molecule has 1 aliphatic heterocycles. The number of benzene rings is 2. The summed E-state index contributed by atoms with van der Waals surface area (Å²) in [6.45, 7) is 4.52. The van der Waals surface area contributed by atoms with Crippen molar-refractivity contribution < 1.29 is 4.39 Å². The molecule has 170 valence electrons. The molecule has 1 aromatic heterocycles. The predicted molar refractivity (Wildman–Crippen MR) is 124 cm³/mol. The number of aromatic nitrogens is 4. The molecule has 0 amide bonds. The Bertz CT molecular complexity index is 983. The lowest BCUT2D eigenvalue weighted by Crippen LogP contribution is -2.48. The number of hydrogen-bond donors (Lipinski definition) is 0. The molecule has 1 saturated carbocycles. The van der Waals surface area contributed by atoms with Crippen LogP contribution in [-0.4, -0.2) is 56.2 Å². The van der Waals surface area contributed by atoms with Gasteiger partial charge in [0.25, 0.3) is 0 Å². The van der Waals surface area contributed by atoms with Crippen molar-refractivity contribution in [2.24, 2.45) is 0 Å². The van der Waals surface area contributed by atoms with Crippen molar-refractivity contribution in [1.82, 2.24) is 30.0 Å². The molecule has 0 radical (unpaired) electrons. The smallest absolute Gasteiger partial charge is 0.173 e. The molecule has 2 heterocycles. The van der Waals surface area contributed by atoms with E-state index in [0.717, 1.165) is 51.4 Å². The Morgan fingerprint density at radius 3 is 2.31 bits per heavy atom. The molecular weight excluding hydrogens is 427 g/mol. The van der Waals surface area contributed by atoms with Crippen LogP contribution in [0, 0.1) is 5.82 Å². The molecule has 1 atom stereocenters. The maximum Gasteiger partial charge on any atom is 0.173 e. The minimum absolute atomic E-state index is 0. The van der Waals surface area contributed by atoms with Crippen LogP contribution in [0.15, 0.2) is 54.6 Å².